The van der Waals surface area contributed by atoms with Crippen LogP contribution in [0, 0.1) is 0 Å². The van der Waals surface area contributed by atoms with Gasteiger partial charge in [0.1, 0.15) is 16.4 Å². The van der Waals surface area contributed by atoms with Crippen molar-refractivity contribution in [2.75, 3.05) is 26.6 Å². The molecule has 1 aromatic heterocycles. The lowest BCUT2D eigenvalue weighted by molar-refractivity contribution is -0.111. The number of benzene rings is 2. The third kappa shape index (κ3) is 4.15. The van der Waals surface area contributed by atoms with Crippen molar-refractivity contribution in [3.05, 3.63) is 59.0 Å². The summed E-state index contributed by atoms with van der Waals surface area (Å²) in [5.41, 5.74) is 1.31. The Hall–Kier alpha value is -3.32. The lowest BCUT2D eigenvalue weighted by Gasteiger charge is -2.09. The average molecular weight is 397 g/mol. The Bertz CT molecular complexity index is 1030. The molecule has 1 N–H and O–H groups in total. The van der Waals surface area contributed by atoms with Crippen LogP contribution in [0.3, 0.4) is 0 Å². The van der Waals surface area contributed by atoms with Crippen molar-refractivity contribution in [1.29, 1.82) is 0 Å². The van der Waals surface area contributed by atoms with Gasteiger partial charge in [-0.2, -0.15) is 0 Å². The van der Waals surface area contributed by atoms with Crippen LogP contribution in [0.5, 0.6) is 11.5 Å². The number of esters is 1. The van der Waals surface area contributed by atoms with Gasteiger partial charge in [-0.15, -0.1) is 11.3 Å². The summed E-state index contributed by atoms with van der Waals surface area (Å²) in [6.45, 7) is 0. The maximum atomic E-state index is 12.3. The normalized spacial score (nSPS) is 10.8. The number of carbonyl (C=O) groups is 2. The molecule has 0 fully saturated rings. The molecule has 6 nitrogen and oxygen atoms in total. The summed E-state index contributed by atoms with van der Waals surface area (Å²) in [5.74, 6) is 0.549. The first kappa shape index (κ1) is 19.4. The minimum absolute atomic E-state index is 0.296. The van der Waals surface area contributed by atoms with E-state index in [2.05, 4.69) is 5.32 Å². The topological polar surface area (TPSA) is 73.9 Å². The van der Waals surface area contributed by atoms with E-state index in [0.717, 1.165) is 10.1 Å². The first-order valence-electron chi connectivity index (χ1n) is 8.37. The number of fused-ring (bicyclic) bond motifs is 1. The molecule has 0 aliphatic carbocycles. The van der Waals surface area contributed by atoms with E-state index in [1.807, 2.05) is 18.2 Å². The SMILES string of the molecule is COC(=O)c1cc2cc(NC(=O)/C=C/c3c(OC)cccc3OC)ccc2s1. The lowest BCUT2D eigenvalue weighted by Crippen LogP contribution is -2.07. The predicted molar refractivity (Wildman–Crippen MR) is 110 cm³/mol. The van der Waals surface area contributed by atoms with E-state index in [9.17, 15) is 9.59 Å². The molecule has 0 aliphatic rings. The van der Waals surface area contributed by atoms with Crippen molar-refractivity contribution in [3.8, 4) is 11.5 Å². The second-order valence-corrected chi connectivity index (χ2v) is 6.84. The Morgan fingerprint density at radius 2 is 1.71 bits per heavy atom. The maximum Gasteiger partial charge on any atom is 0.348 e. The van der Waals surface area contributed by atoms with Crippen LogP contribution >= 0.6 is 11.3 Å². The molecule has 0 saturated heterocycles. The van der Waals surface area contributed by atoms with Crippen molar-refractivity contribution in [1.82, 2.24) is 0 Å². The van der Waals surface area contributed by atoms with Crippen molar-refractivity contribution in [3.63, 3.8) is 0 Å². The number of hydrogen-bond donors (Lipinski definition) is 1. The van der Waals surface area contributed by atoms with Crippen LogP contribution in [0.25, 0.3) is 16.2 Å². The Kier molecular flexibility index (Phi) is 5.96. The summed E-state index contributed by atoms with van der Waals surface area (Å²) in [5, 5.41) is 3.67. The predicted octanol–water partition coefficient (Wildman–Crippen LogP) is 4.36. The monoisotopic (exact) mass is 397 g/mol. The number of ether oxygens (including phenoxy) is 3. The first-order chi connectivity index (χ1) is 13.5. The number of thiophene rings is 1. The van der Waals surface area contributed by atoms with Crippen molar-refractivity contribution in [2.24, 2.45) is 0 Å². The van der Waals surface area contributed by atoms with Gasteiger partial charge in [-0.25, -0.2) is 4.79 Å². The summed E-state index contributed by atoms with van der Waals surface area (Å²) in [7, 11) is 4.47. The second-order valence-electron chi connectivity index (χ2n) is 5.75. The van der Waals surface area contributed by atoms with Crippen LogP contribution in [0.15, 0.2) is 48.5 Å². The number of methoxy groups -OCH3 is 3. The Balaban J connectivity index is 1.78. The molecule has 0 unspecified atom stereocenters. The molecule has 0 bridgehead atoms. The standard InChI is InChI=1S/C21H19NO5S/c1-25-16-5-4-6-17(26-2)15(16)8-10-20(23)22-14-7-9-18-13(11-14)12-19(28-18)21(24)27-3/h4-12H,1-3H3,(H,22,23)/b10-8+. The molecule has 7 heteroatoms. The van der Waals surface area contributed by atoms with Crippen LogP contribution < -0.4 is 14.8 Å². The van der Waals surface area contributed by atoms with Gasteiger partial charge in [0.2, 0.25) is 5.91 Å². The number of amides is 1. The van der Waals surface area contributed by atoms with E-state index in [1.165, 1.54) is 24.5 Å². The molecule has 28 heavy (non-hydrogen) atoms. The molecule has 0 saturated carbocycles. The highest BCUT2D eigenvalue weighted by Crippen LogP contribution is 2.30. The van der Waals surface area contributed by atoms with Gasteiger partial charge in [0.05, 0.1) is 26.9 Å². The highest BCUT2D eigenvalue weighted by molar-refractivity contribution is 7.20. The minimum atomic E-state index is -0.375. The summed E-state index contributed by atoms with van der Waals surface area (Å²) >= 11 is 1.34. The first-order valence-corrected chi connectivity index (χ1v) is 9.19. The molecule has 0 radical (unpaired) electrons. The van der Waals surface area contributed by atoms with E-state index in [0.29, 0.717) is 27.6 Å². The summed E-state index contributed by atoms with van der Waals surface area (Å²) in [6.07, 6.45) is 3.06. The second kappa shape index (κ2) is 8.58. The quantitative estimate of drug-likeness (QED) is 0.494. The molecule has 3 rings (SSSR count). The van der Waals surface area contributed by atoms with E-state index in [-0.39, 0.29) is 11.9 Å². The number of hydrogen-bond acceptors (Lipinski definition) is 6. The van der Waals surface area contributed by atoms with Gasteiger partial charge < -0.3 is 19.5 Å². The molecular weight excluding hydrogens is 378 g/mol. The Labute approximate surface area is 166 Å². The van der Waals surface area contributed by atoms with E-state index >= 15 is 0 Å². The van der Waals surface area contributed by atoms with E-state index in [4.69, 9.17) is 14.2 Å². The molecule has 3 aromatic rings. The van der Waals surface area contributed by atoms with Gasteiger partial charge in [-0.1, -0.05) is 6.07 Å². The minimum Gasteiger partial charge on any atom is -0.496 e. The Morgan fingerprint density at radius 3 is 2.36 bits per heavy atom. The zero-order chi connectivity index (χ0) is 20.1. The fourth-order valence-corrected chi connectivity index (χ4v) is 3.67. The molecule has 0 aliphatic heterocycles. The smallest absolute Gasteiger partial charge is 0.348 e. The van der Waals surface area contributed by atoms with Crippen LogP contribution in [0.2, 0.25) is 0 Å². The van der Waals surface area contributed by atoms with Gasteiger partial charge in [0, 0.05) is 16.5 Å². The average Bonchev–Trinajstić information content (AvgIpc) is 3.14. The highest BCUT2D eigenvalue weighted by atomic mass is 32.1. The number of rotatable bonds is 6. The number of nitrogens with one attached hydrogen (secondary N) is 1. The van der Waals surface area contributed by atoms with Gasteiger partial charge in [0.25, 0.3) is 0 Å². The fourth-order valence-electron chi connectivity index (χ4n) is 2.71. The number of anilines is 1. The van der Waals surface area contributed by atoms with Crippen LogP contribution in [0.4, 0.5) is 5.69 Å². The fraction of sp³-hybridized carbons (Fsp3) is 0.143. The van der Waals surface area contributed by atoms with E-state index < -0.39 is 0 Å². The maximum absolute atomic E-state index is 12.3. The molecule has 144 valence electrons. The van der Waals surface area contributed by atoms with Crippen molar-refractivity contribution in [2.45, 2.75) is 0 Å². The Morgan fingerprint density at radius 1 is 1.00 bits per heavy atom. The van der Waals surface area contributed by atoms with Gasteiger partial charge >= 0.3 is 5.97 Å². The number of carbonyl (C=O) groups excluding carboxylic acids is 2. The van der Waals surface area contributed by atoms with E-state index in [1.54, 1.807) is 44.6 Å². The van der Waals surface area contributed by atoms with Crippen molar-refractivity contribution >= 4 is 45.1 Å². The third-order valence-corrected chi connectivity index (χ3v) is 5.13. The molecular formula is C21H19NO5S. The van der Waals surface area contributed by atoms with Crippen molar-refractivity contribution < 1.29 is 23.8 Å². The summed E-state index contributed by atoms with van der Waals surface area (Å²) in [4.78, 5) is 24.5. The van der Waals surface area contributed by atoms with Gasteiger partial charge in [-0.05, 0) is 47.9 Å². The summed E-state index contributed by atoms with van der Waals surface area (Å²) < 4.78 is 16.3. The van der Waals surface area contributed by atoms with Crippen LogP contribution in [0.1, 0.15) is 15.2 Å². The molecule has 0 atom stereocenters. The largest absolute Gasteiger partial charge is 0.496 e. The van der Waals surface area contributed by atoms with Gasteiger partial charge in [0.15, 0.2) is 0 Å². The zero-order valence-corrected chi connectivity index (χ0v) is 16.5. The van der Waals surface area contributed by atoms with Gasteiger partial charge in [-0.3, -0.25) is 4.79 Å². The summed E-state index contributed by atoms with van der Waals surface area (Å²) in [6, 6.07) is 12.6. The van der Waals surface area contributed by atoms with Crippen LogP contribution in [-0.4, -0.2) is 33.2 Å². The zero-order valence-electron chi connectivity index (χ0n) is 15.6. The molecule has 0 spiro atoms. The molecule has 1 amide bonds. The lowest BCUT2D eigenvalue weighted by atomic mass is 10.1. The van der Waals surface area contributed by atoms with Crippen LogP contribution in [-0.2, 0) is 9.53 Å². The molecule has 1 heterocycles. The highest BCUT2D eigenvalue weighted by Gasteiger charge is 2.11. The molecule has 2 aromatic carbocycles. The third-order valence-electron chi connectivity index (χ3n) is 4.04.